The number of hydrogen-bond donors (Lipinski definition) is 2. The van der Waals surface area contributed by atoms with Crippen molar-refractivity contribution in [3.63, 3.8) is 0 Å². The quantitative estimate of drug-likeness (QED) is 0.832. The van der Waals surface area contributed by atoms with E-state index >= 15 is 0 Å². The third kappa shape index (κ3) is 4.36. The van der Waals surface area contributed by atoms with Gasteiger partial charge in [0.1, 0.15) is 0 Å². The van der Waals surface area contributed by atoms with Crippen molar-refractivity contribution < 1.29 is 28.2 Å². The Morgan fingerprint density at radius 3 is 2.24 bits per heavy atom. The van der Waals surface area contributed by atoms with Gasteiger partial charge in [-0.15, -0.1) is 0 Å². The van der Waals surface area contributed by atoms with E-state index in [1.807, 2.05) is 0 Å². The van der Waals surface area contributed by atoms with Gasteiger partial charge in [-0.3, -0.25) is 9.59 Å². The summed E-state index contributed by atoms with van der Waals surface area (Å²) in [5, 5.41) is 11.8. The summed E-state index contributed by atoms with van der Waals surface area (Å²) in [6.45, 7) is 0.798. The van der Waals surface area contributed by atoms with Crippen LogP contribution in [-0.2, 0) is 14.3 Å². The molecule has 0 aromatic rings. The SMILES string of the molecule is O=C(O)CC1(NC(=O)C2CCC(F)(F)CC2)CCOCC1. The Morgan fingerprint density at radius 2 is 1.71 bits per heavy atom. The summed E-state index contributed by atoms with van der Waals surface area (Å²) in [7, 11) is 0. The average molecular weight is 305 g/mol. The smallest absolute Gasteiger partial charge is 0.305 e. The van der Waals surface area contributed by atoms with Crippen LogP contribution in [0.1, 0.15) is 44.9 Å². The highest BCUT2D eigenvalue weighted by atomic mass is 19.3. The second kappa shape index (κ2) is 6.25. The summed E-state index contributed by atoms with van der Waals surface area (Å²) in [5.74, 6) is -4.40. The second-order valence-electron chi connectivity index (χ2n) is 6.08. The van der Waals surface area contributed by atoms with Crippen molar-refractivity contribution in [2.75, 3.05) is 13.2 Å². The molecular weight excluding hydrogens is 284 g/mol. The van der Waals surface area contributed by atoms with Crippen molar-refractivity contribution in [1.29, 1.82) is 0 Å². The molecule has 0 spiro atoms. The van der Waals surface area contributed by atoms with Crippen LogP contribution in [0, 0.1) is 5.92 Å². The molecule has 0 aromatic heterocycles. The number of carboxylic acids is 1. The molecule has 1 saturated heterocycles. The van der Waals surface area contributed by atoms with E-state index in [2.05, 4.69) is 5.32 Å². The third-order valence-electron chi connectivity index (χ3n) is 4.42. The molecule has 0 unspecified atom stereocenters. The number of alkyl halides is 2. The highest BCUT2D eigenvalue weighted by molar-refractivity contribution is 5.80. The van der Waals surface area contributed by atoms with E-state index in [1.165, 1.54) is 0 Å². The molecule has 0 bridgehead atoms. The van der Waals surface area contributed by atoms with Gasteiger partial charge in [0.15, 0.2) is 0 Å². The van der Waals surface area contributed by atoms with Gasteiger partial charge < -0.3 is 15.2 Å². The van der Waals surface area contributed by atoms with E-state index in [9.17, 15) is 18.4 Å². The summed E-state index contributed by atoms with van der Waals surface area (Å²) in [6.07, 6.45) is 0.462. The Balaban J connectivity index is 1.96. The minimum atomic E-state index is -2.67. The molecule has 5 nitrogen and oxygen atoms in total. The lowest BCUT2D eigenvalue weighted by Crippen LogP contribution is -2.55. The Hall–Kier alpha value is -1.24. The number of rotatable bonds is 4. The molecule has 21 heavy (non-hydrogen) atoms. The predicted molar refractivity (Wildman–Crippen MR) is 70.1 cm³/mol. The van der Waals surface area contributed by atoms with Crippen LogP contribution in [0.15, 0.2) is 0 Å². The number of ether oxygens (including phenoxy) is 1. The fourth-order valence-electron chi connectivity index (χ4n) is 3.06. The van der Waals surface area contributed by atoms with Crippen LogP contribution in [-0.4, -0.2) is 41.7 Å². The molecule has 1 aliphatic heterocycles. The number of carbonyl (C=O) groups is 2. The normalized spacial score (nSPS) is 25.2. The van der Waals surface area contributed by atoms with Crippen molar-refractivity contribution in [3.05, 3.63) is 0 Å². The molecule has 2 aliphatic rings. The van der Waals surface area contributed by atoms with Crippen molar-refractivity contribution in [2.24, 2.45) is 5.92 Å². The van der Waals surface area contributed by atoms with Crippen LogP contribution >= 0.6 is 0 Å². The van der Waals surface area contributed by atoms with Crippen LogP contribution in [0.3, 0.4) is 0 Å². The predicted octanol–water partition coefficient (Wildman–Crippen LogP) is 1.95. The Labute approximate surface area is 122 Å². The van der Waals surface area contributed by atoms with Crippen molar-refractivity contribution in [2.45, 2.75) is 56.4 Å². The fraction of sp³-hybridized carbons (Fsp3) is 0.857. The summed E-state index contributed by atoms with van der Waals surface area (Å²) in [5.41, 5.74) is -0.804. The van der Waals surface area contributed by atoms with Crippen molar-refractivity contribution >= 4 is 11.9 Å². The average Bonchev–Trinajstić information content (AvgIpc) is 2.38. The maximum absolute atomic E-state index is 13.1. The minimum absolute atomic E-state index is 0.151. The number of amides is 1. The monoisotopic (exact) mass is 305 g/mol. The van der Waals surface area contributed by atoms with Crippen LogP contribution < -0.4 is 5.32 Å². The zero-order valence-electron chi connectivity index (χ0n) is 11.9. The van der Waals surface area contributed by atoms with Crippen LogP contribution in [0.25, 0.3) is 0 Å². The number of halogens is 2. The molecule has 7 heteroatoms. The molecule has 2 N–H and O–H groups in total. The highest BCUT2D eigenvalue weighted by Crippen LogP contribution is 2.36. The van der Waals surface area contributed by atoms with Gasteiger partial charge in [0.2, 0.25) is 11.8 Å². The van der Waals surface area contributed by atoms with Gasteiger partial charge in [0.05, 0.1) is 12.0 Å². The van der Waals surface area contributed by atoms with Gasteiger partial charge in [-0.2, -0.15) is 0 Å². The zero-order valence-corrected chi connectivity index (χ0v) is 11.9. The second-order valence-corrected chi connectivity index (χ2v) is 6.08. The zero-order chi connectivity index (χ0) is 15.5. The lowest BCUT2D eigenvalue weighted by Gasteiger charge is -2.38. The van der Waals surface area contributed by atoms with Gasteiger partial charge in [-0.05, 0) is 25.7 Å². The summed E-state index contributed by atoms with van der Waals surface area (Å²) in [6, 6.07) is 0. The molecule has 0 radical (unpaired) electrons. The maximum Gasteiger partial charge on any atom is 0.305 e. The maximum atomic E-state index is 13.1. The standard InChI is InChI=1S/C14H21F2NO4/c15-14(16)3-1-10(2-4-14)12(20)17-13(9-11(18)19)5-7-21-8-6-13/h10H,1-9H2,(H,17,20)(H,18,19). The number of hydrogen-bond acceptors (Lipinski definition) is 3. The van der Waals surface area contributed by atoms with E-state index in [1.54, 1.807) is 0 Å². The molecule has 1 aliphatic carbocycles. The molecule has 0 aromatic carbocycles. The first-order valence-corrected chi connectivity index (χ1v) is 7.31. The minimum Gasteiger partial charge on any atom is -0.481 e. The van der Waals surface area contributed by atoms with Gasteiger partial charge in [-0.25, -0.2) is 8.78 Å². The van der Waals surface area contributed by atoms with E-state index in [0.29, 0.717) is 26.1 Å². The van der Waals surface area contributed by atoms with E-state index in [0.717, 1.165) is 0 Å². The van der Waals surface area contributed by atoms with E-state index < -0.39 is 23.3 Å². The molecular formula is C14H21F2NO4. The summed E-state index contributed by atoms with van der Waals surface area (Å²) >= 11 is 0. The van der Waals surface area contributed by atoms with Crippen LogP contribution in [0.5, 0.6) is 0 Å². The third-order valence-corrected chi connectivity index (χ3v) is 4.42. The summed E-state index contributed by atoms with van der Waals surface area (Å²) < 4.78 is 31.5. The number of aliphatic carboxylic acids is 1. The Bertz CT molecular complexity index is 398. The lowest BCUT2D eigenvalue weighted by molar-refractivity contribution is -0.141. The molecule has 120 valence electrons. The fourth-order valence-corrected chi connectivity index (χ4v) is 3.06. The van der Waals surface area contributed by atoms with Crippen LogP contribution in [0.4, 0.5) is 8.78 Å². The van der Waals surface area contributed by atoms with E-state index in [4.69, 9.17) is 9.84 Å². The first kappa shape index (κ1) is 16.1. The van der Waals surface area contributed by atoms with Gasteiger partial charge in [-0.1, -0.05) is 0 Å². The largest absolute Gasteiger partial charge is 0.481 e. The first-order valence-electron chi connectivity index (χ1n) is 7.31. The molecule has 2 rings (SSSR count). The van der Waals surface area contributed by atoms with E-state index in [-0.39, 0.29) is 38.0 Å². The number of carbonyl (C=O) groups excluding carboxylic acids is 1. The molecule has 2 fully saturated rings. The molecule has 1 heterocycles. The number of carboxylic acid groups (broad SMARTS) is 1. The van der Waals surface area contributed by atoms with Crippen LogP contribution in [0.2, 0.25) is 0 Å². The Kier molecular flexibility index (Phi) is 4.81. The topological polar surface area (TPSA) is 75.6 Å². The summed E-state index contributed by atoms with van der Waals surface area (Å²) in [4.78, 5) is 23.3. The Morgan fingerprint density at radius 1 is 1.14 bits per heavy atom. The molecule has 0 atom stereocenters. The first-order chi connectivity index (χ1) is 9.82. The van der Waals surface area contributed by atoms with Gasteiger partial charge in [0.25, 0.3) is 0 Å². The molecule has 1 amide bonds. The van der Waals surface area contributed by atoms with Gasteiger partial charge >= 0.3 is 5.97 Å². The van der Waals surface area contributed by atoms with Crippen molar-refractivity contribution in [3.8, 4) is 0 Å². The van der Waals surface area contributed by atoms with Crippen molar-refractivity contribution in [1.82, 2.24) is 5.32 Å². The van der Waals surface area contributed by atoms with Gasteiger partial charge in [0, 0.05) is 32.0 Å². The molecule has 1 saturated carbocycles. The highest BCUT2D eigenvalue weighted by Gasteiger charge is 2.41. The number of nitrogens with one attached hydrogen (secondary N) is 1. The lowest BCUT2D eigenvalue weighted by atomic mass is 9.83.